The molecule has 1 fully saturated rings. The van der Waals surface area contributed by atoms with E-state index >= 15 is 0 Å². The number of piperidine rings is 1. The molecule has 0 aliphatic carbocycles. The highest BCUT2D eigenvalue weighted by molar-refractivity contribution is 7.92. The van der Waals surface area contributed by atoms with Gasteiger partial charge in [0.25, 0.3) is 0 Å². The van der Waals surface area contributed by atoms with Gasteiger partial charge >= 0.3 is 5.97 Å². The molecule has 3 aromatic rings. The van der Waals surface area contributed by atoms with Crippen molar-refractivity contribution in [3.05, 3.63) is 46.5 Å². The zero-order valence-electron chi connectivity index (χ0n) is 21.4. The first-order chi connectivity index (χ1) is 18.1. The van der Waals surface area contributed by atoms with E-state index in [1.54, 1.807) is 26.0 Å². The van der Waals surface area contributed by atoms with Crippen molar-refractivity contribution in [3.63, 3.8) is 0 Å². The van der Waals surface area contributed by atoms with Crippen LogP contribution in [0.1, 0.15) is 40.7 Å². The second-order valence-electron chi connectivity index (χ2n) is 8.86. The van der Waals surface area contributed by atoms with Gasteiger partial charge in [-0.25, -0.2) is 18.2 Å². The lowest BCUT2D eigenvalue weighted by Crippen LogP contribution is -2.36. The molecule has 12 nitrogen and oxygen atoms in total. The molecule has 1 aromatic carbocycles. The number of rotatable bonds is 10. The SMILES string of the molecule is CCOC(=O)c1sc(Nc2nc(NCc3ccc(NS(C)(=O)=O)cc3)cc(N3CCC(O)CC3)n2)nc1C. The summed E-state index contributed by atoms with van der Waals surface area (Å²) in [5.41, 5.74) is 1.97. The highest BCUT2D eigenvalue weighted by Gasteiger charge is 2.21. The standard InChI is InChI=1S/C24H31N7O5S2/c1-4-36-22(33)21-15(2)26-24(37-21)29-23-27-19(13-20(28-23)31-11-9-18(32)10-12-31)25-14-16-5-7-17(8-6-16)30-38(3,34)35/h5-8,13,18,30,32H,4,9-12,14H2,1-3H3,(H2,25,26,27,28,29). The van der Waals surface area contributed by atoms with Crippen molar-refractivity contribution >= 4 is 55.7 Å². The number of ether oxygens (including phenoxy) is 1. The Morgan fingerprint density at radius 1 is 1.18 bits per heavy atom. The molecule has 0 radical (unpaired) electrons. The number of aliphatic hydroxyl groups is 1. The van der Waals surface area contributed by atoms with Crippen LogP contribution in [0.2, 0.25) is 0 Å². The normalized spacial score (nSPS) is 14.3. The van der Waals surface area contributed by atoms with Crippen molar-refractivity contribution in [1.29, 1.82) is 0 Å². The van der Waals surface area contributed by atoms with Crippen LogP contribution in [0, 0.1) is 6.92 Å². The van der Waals surface area contributed by atoms with E-state index in [-0.39, 0.29) is 12.7 Å². The van der Waals surface area contributed by atoms with Crippen LogP contribution in [-0.4, -0.2) is 66.5 Å². The third-order valence-corrected chi connectivity index (χ3v) is 7.37. The maximum Gasteiger partial charge on any atom is 0.350 e. The quantitative estimate of drug-likeness (QED) is 0.269. The van der Waals surface area contributed by atoms with Crippen molar-refractivity contribution < 1.29 is 23.1 Å². The predicted octanol–water partition coefficient (Wildman–Crippen LogP) is 3.11. The predicted molar refractivity (Wildman–Crippen MR) is 148 cm³/mol. The lowest BCUT2D eigenvalue weighted by molar-refractivity contribution is 0.0531. The van der Waals surface area contributed by atoms with E-state index in [0.717, 1.165) is 11.8 Å². The largest absolute Gasteiger partial charge is 0.462 e. The summed E-state index contributed by atoms with van der Waals surface area (Å²) in [5, 5.41) is 16.8. The number of thiazole rings is 1. The second-order valence-corrected chi connectivity index (χ2v) is 11.6. The molecule has 1 aliphatic heterocycles. The van der Waals surface area contributed by atoms with Gasteiger partial charge in [-0.15, -0.1) is 0 Å². The molecule has 38 heavy (non-hydrogen) atoms. The number of aliphatic hydroxyl groups excluding tert-OH is 1. The summed E-state index contributed by atoms with van der Waals surface area (Å²) in [6.45, 7) is 5.54. The smallest absolute Gasteiger partial charge is 0.350 e. The summed E-state index contributed by atoms with van der Waals surface area (Å²) in [6, 6.07) is 8.88. The summed E-state index contributed by atoms with van der Waals surface area (Å²) in [6.07, 6.45) is 2.09. The molecule has 4 N–H and O–H groups in total. The first-order valence-corrected chi connectivity index (χ1v) is 14.8. The van der Waals surface area contributed by atoms with Crippen LogP contribution in [0.25, 0.3) is 0 Å². The highest BCUT2D eigenvalue weighted by Crippen LogP contribution is 2.28. The van der Waals surface area contributed by atoms with Gasteiger partial charge < -0.3 is 20.1 Å². The highest BCUT2D eigenvalue weighted by atomic mass is 32.2. The number of carbonyl (C=O) groups excluding carboxylic acids is 1. The van der Waals surface area contributed by atoms with E-state index in [4.69, 9.17) is 4.74 Å². The Kier molecular flexibility index (Phi) is 8.64. The summed E-state index contributed by atoms with van der Waals surface area (Å²) < 4.78 is 30.4. The fraction of sp³-hybridized carbons (Fsp3) is 0.417. The molecule has 0 atom stereocenters. The molecule has 0 saturated carbocycles. The summed E-state index contributed by atoms with van der Waals surface area (Å²) in [4.78, 5) is 28.4. The summed E-state index contributed by atoms with van der Waals surface area (Å²) in [5.74, 6) is 1.16. The number of aromatic nitrogens is 3. The molecule has 0 unspecified atom stereocenters. The molecule has 0 amide bonds. The minimum Gasteiger partial charge on any atom is -0.462 e. The van der Waals surface area contributed by atoms with E-state index in [1.165, 1.54) is 11.3 Å². The number of hydrogen-bond donors (Lipinski definition) is 4. The Morgan fingerprint density at radius 3 is 2.55 bits per heavy atom. The Labute approximate surface area is 225 Å². The van der Waals surface area contributed by atoms with Crippen LogP contribution in [0.3, 0.4) is 0 Å². The van der Waals surface area contributed by atoms with Crippen molar-refractivity contribution in [3.8, 4) is 0 Å². The van der Waals surface area contributed by atoms with Gasteiger partial charge in [0.2, 0.25) is 16.0 Å². The van der Waals surface area contributed by atoms with Crippen LogP contribution in [0.5, 0.6) is 0 Å². The van der Waals surface area contributed by atoms with E-state index in [1.807, 2.05) is 18.2 Å². The minimum absolute atomic E-state index is 0.278. The maximum absolute atomic E-state index is 12.2. The zero-order valence-corrected chi connectivity index (χ0v) is 23.0. The zero-order chi connectivity index (χ0) is 27.3. The number of hydrogen-bond acceptors (Lipinski definition) is 12. The van der Waals surface area contributed by atoms with Gasteiger partial charge in [-0.3, -0.25) is 10.0 Å². The molecule has 204 valence electrons. The van der Waals surface area contributed by atoms with Crippen LogP contribution < -0.4 is 20.3 Å². The number of sulfonamides is 1. The van der Waals surface area contributed by atoms with Crippen molar-refractivity contribution in [2.45, 2.75) is 39.3 Å². The Morgan fingerprint density at radius 2 is 1.89 bits per heavy atom. The van der Waals surface area contributed by atoms with Gasteiger partial charge in [-0.05, 0) is 44.4 Å². The fourth-order valence-corrected chi connectivity index (χ4v) is 5.28. The number of nitrogens with zero attached hydrogens (tertiary/aromatic N) is 4. The number of nitrogens with one attached hydrogen (secondary N) is 3. The van der Waals surface area contributed by atoms with Crippen molar-refractivity contribution in [2.75, 3.05) is 46.2 Å². The molecule has 2 aromatic heterocycles. The van der Waals surface area contributed by atoms with Gasteiger partial charge in [0.15, 0.2) is 5.13 Å². The van der Waals surface area contributed by atoms with Gasteiger partial charge in [0, 0.05) is 31.4 Å². The molecular formula is C24H31N7O5S2. The molecule has 14 heteroatoms. The Hall–Kier alpha value is -3.49. The van der Waals surface area contributed by atoms with Crippen molar-refractivity contribution in [2.24, 2.45) is 0 Å². The lowest BCUT2D eigenvalue weighted by atomic mass is 10.1. The second kappa shape index (κ2) is 11.9. The van der Waals surface area contributed by atoms with Gasteiger partial charge in [-0.2, -0.15) is 9.97 Å². The van der Waals surface area contributed by atoms with Crippen LogP contribution in [0.15, 0.2) is 30.3 Å². The molecule has 1 saturated heterocycles. The number of carbonyl (C=O) groups is 1. The Bertz CT molecular complexity index is 1370. The average molecular weight is 562 g/mol. The van der Waals surface area contributed by atoms with Crippen LogP contribution in [0.4, 0.5) is 28.4 Å². The van der Waals surface area contributed by atoms with Gasteiger partial charge in [0.1, 0.15) is 16.5 Å². The van der Waals surface area contributed by atoms with E-state index in [2.05, 4.69) is 35.2 Å². The lowest BCUT2D eigenvalue weighted by Gasteiger charge is -2.30. The summed E-state index contributed by atoms with van der Waals surface area (Å²) >= 11 is 1.17. The molecule has 3 heterocycles. The molecular weight excluding hydrogens is 530 g/mol. The van der Waals surface area contributed by atoms with Crippen LogP contribution in [-0.2, 0) is 21.3 Å². The third kappa shape index (κ3) is 7.52. The Balaban J connectivity index is 1.54. The van der Waals surface area contributed by atoms with Gasteiger partial charge in [0.05, 0.1) is 24.7 Å². The summed E-state index contributed by atoms with van der Waals surface area (Å²) in [7, 11) is -3.34. The number of anilines is 5. The number of benzene rings is 1. The average Bonchev–Trinajstić information content (AvgIpc) is 3.23. The first kappa shape index (κ1) is 27.5. The fourth-order valence-electron chi connectivity index (χ4n) is 3.87. The van der Waals surface area contributed by atoms with E-state index in [0.29, 0.717) is 71.4 Å². The molecule has 4 rings (SSSR count). The van der Waals surface area contributed by atoms with Gasteiger partial charge in [-0.1, -0.05) is 23.5 Å². The van der Waals surface area contributed by atoms with Crippen LogP contribution >= 0.6 is 11.3 Å². The maximum atomic E-state index is 12.2. The van der Waals surface area contributed by atoms with Crippen molar-refractivity contribution in [1.82, 2.24) is 15.0 Å². The molecule has 0 spiro atoms. The third-order valence-electron chi connectivity index (χ3n) is 5.71. The monoisotopic (exact) mass is 561 g/mol. The molecule has 0 bridgehead atoms. The minimum atomic E-state index is -3.34. The molecule has 1 aliphatic rings. The topological polar surface area (TPSA) is 159 Å². The first-order valence-electron chi connectivity index (χ1n) is 12.1. The van der Waals surface area contributed by atoms with E-state index in [9.17, 15) is 18.3 Å². The van der Waals surface area contributed by atoms with E-state index < -0.39 is 16.0 Å². The number of aryl methyl sites for hydroxylation is 1. The number of esters is 1.